The molecule has 2 rings (SSSR count). The summed E-state index contributed by atoms with van der Waals surface area (Å²) < 4.78 is 43.6. The van der Waals surface area contributed by atoms with Crippen molar-refractivity contribution < 1.29 is 22.3 Å². The molecule has 2 N–H and O–H groups in total. The van der Waals surface area contributed by atoms with E-state index in [1.54, 1.807) is 37.4 Å². The molecule has 146 valence electrons. The Bertz CT molecular complexity index is 919. The van der Waals surface area contributed by atoms with E-state index in [4.69, 9.17) is 4.74 Å². The van der Waals surface area contributed by atoms with Gasteiger partial charge in [0.05, 0.1) is 13.4 Å². The topological polar surface area (TPSA) is 87.7 Å². The molecule has 0 spiro atoms. The Morgan fingerprint density at radius 1 is 1.19 bits per heavy atom. The van der Waals surface area contributed by atoms with Crippen molar-refractivity contribution in [3.8, 4) is 5.75 Å². The van der Waals surface area contributed by atoms with Crippen molar-refractivity contribution in [1.29, 1.82) is 0 Å². The molecule has 0 saturated carbocycles. The molecule has 2 aromatic rings. The Kier molecular flexibility index (Phi) is 6.62. The van der Waals surface area contributed by atoms with E-state index in [0.717, 1.165) is 11.8 Å². The van der Waals surface area contributed by atoms with Gasteiger partial charge in [-0.3, -0.25) is 4.72 Å². The van der Waals surface area contributed by atoms with Crippen molar-refractivity contribution in [3.05, 3.63) is 59.4 Å². The van der Waals surface area contributed by atoms with Crippen LogP contribution in [-0.4, -0.2) is 39.8 Å². The van der Waals surface area contributed by atoms with Crippen LogP contribution >= 0.6 is 0 Å². The zero-order valence-electron chi connectivity index (χ0n) is 15.3. The first kappa shape index (κ1) is 20.5. The largest absolute Gasteiger partial charge is 0.494 e. The van der Waals surface area contributed by atoms with Crippen LogP contribution in [0, 0.1) is 5.82 Å². The van der Waals surface area contributed by atoms with Crippen molar-refractivity contribution >= 4 is 21.7 Å². The first-order chi connectivity index (χ1) is 12.7. The van der Waals surface area contributed by atoms with Crippen molar-refractivity contribution in [2.24, 2.45) is 0 Å². The number of methoxy groups -OCH3 is 1. The normalized spacial score (nSPS) is 11.0. The summed E-state index contributed by atoms with van der Waals surface area (Å²) in [7, 11) is -0.384. The summed E-state index contributed by atoms with van der Waals surface area (Å²) in [4.78, 5) is 13.6. The van der Waals surface area contributed by atoms with Crippen LogP contribution in [0.5, 0.6) is 5.75 Å². The van der Waals surface area contributed by atoms with Gasteiger partial charge in [0, 0.05) is 25.8 Å². The maximum Gasteiger partial charge on any atom is 0.317 e. The molecule has 9 heteroatoms. The third-order valence-corrected chi connectivity index (χ3v) is 4.26. The third kappa shape index (κ3) is 6.45. The summed E-state index contributed by atoms with van der Waals surface area (Å²) in [5, 5.41) is 2.74. The zero-order chi connectivity index (χ0) is 20.0. The molecule has 0 fully saturated rings. The molecule has 0 atom stereocenters. The Balaban J connectivity index is 1.93. The average molecular weight is 395 g/mol. The number of anilines is 1. The van der Waals surface area contributed by atoms with Crippen molar-refractivity contribution in [2.45, 2.75) is 13.1 Å². The highest BCUT2D eigenvalue weighted by Gasteiger charge is 2.11. The number of carbonyl (C=O) groups is 1. The fourth-order valence-corrected chi connectivity index (χ4v) is 2.98. The number of hydrogen-bond donors (Lipinski definition) is 2. The number of nitrogens with one attached hydrogen (secondary N) is 2. The minimum Gasteiger partial charge on any atom is -0.494 e. The minimum absolute atomic E-state index is 0.147. The van der Waals surface area contributed by atoms with Gasteiger partial charge in [0.1, 0.15) is 0 Å². The summed E-state index contributed by atoms with van der Waals surface area (Å²) >= 11 is 0. The van der Waals surface area contributed by atoms with Gasteiger partial charge in [-0.2, -0.15) is 0 Å². The molecule has 0 aliphatic heterocycles. The summed E-state index contributed by atoms with van der Waals surface area (Å²) in [5.41, 5.74) is 1.79. The number of carbonyl (C=O) groups excluding carboxylic acids is 1. The molecule has 0 saturated heterocycles. The molecular weight excluding hydrogens is 373 g/mol. The number of hydrogen-bond acceptors (Lipinski definition) is 4. The van der Waals surface area contributed by atoms with Gasteiger partial charge >= 0.3 is 6.03 Å². The summed E-state index contributed by atoms with van der Waals surface area (Å²) in [6, 6.07) is 10.9. The highest BCUT2D eigenvalue weighted by Crippen LogP contribution is 2.18. The van der Waals surface area contributed by atoms with Gasteiger partial charge in [0.15, 0.2) is 11.6 Å². The van der Waals surface area contributed by atoms with Crippen molar-refractivity contribution in [1.82, 2.24) is 10.2 Å². The molecule has 0 aliphatic carbocycles. The van der Waals surface area contributed by atoms with Gasteiger partial charge in [-0.15, -0.1) is 0 Å². The maximum atomic E-state index is 13.7. The summed E-state index contributed by atoms with van der Waals surface area (Å²) in [6.45, 7) is 0.446. The van der Waals surface area contributed by atoms with E-state index in [1.807, 2.05) is 0 Å². The fraction of sp³-hybridized carbons (Fsp3) is 0.278. The van der Waals surface area contributed by atoms with Crippen LogP contribution in [0.1, 0.15) is 11.1 Å². The molecule has 0 heterocycles. The second kappa shape index (κ2) is 8.72. The zero-order valence-corrected chi connectivity index (χ0v) is 16.1. The molecule has 0 radical (unpaired) electrons. The van der Waals surface area contributed by atoms with Gasteiger partial charge in [0.2, 0.25) is 10.0 Å². The SMILES string of the molecule is COc1ccc(CN(C)C(=O)NCc2cccc(NS(C)(=O)=O)c2)cc1F. The van der Waals surface area contributed by atoms with E-state index in [0.29, 0.717) is 11.3 Å². The number of amides is 2. The van der Waals surface area contributed by atoms with Gasteiger partial charge in [0.25, 0.3) is 0 Å². The van der Waals surface area contributed by atoms with E-state index in [-0.39, 0.29) is 24.9 Å². The lowest BCUT2D eigenvalue weighted by Gasteiger charge is -2.18. The molecule has 2 aromatic carbocycles. The quantitative estimate of drug-likeness (QED) is 0.754. The fourth-order valence-electron chi connectivity index (χ4n) is 2.43. The molecular formula is C18H22FN3O4S. The van der Waals surface area contributed by atoms with Gasteiger partial charge in [-0.1, -0.05) is 18.2 Å². The smallest absolute Gasteiger partial charge is 0.317 e. The van der Waals surface area contributed by atoms with Crippen LogP contribution < -0.4 is 14.8 Å². The number of benzene rings is 2. The summed E-state index contributed by atoms with van der Waals surface area (Å²) in [5.74, 6) is -0.340. The molecule has 2 amide bonds. The lowest BCUT2D eigenvalue weighted by atomic mass is 10.2. The second-order valence-corrected chi connectivity index (χ2v) is 7.81. The number of nitrogens with zero attached hydrogens (tertiary/aromatic N) is 1. The van der Waals surface area contributed by atoms with E-state index in [1.165, 1.54) is 24.1 Å². The van der Waals surface area contributed by atoms with Crippen LogP contribution in [0.15, 0.2) is 42.5 Å². The van der Waals surface area contributed by atoms with E-state index < -0.39 is 15.8 Å². The Morgan fingerprint density at radius 2 is 1.93 bits per heavy atom. The monoisotopic (exact) mass is 395 g/mol. The maximum absolute atomic E-state index is 13.7. The Morgan fingerprint density at radius 3 is 2.56 bits per heavy atom. The van der Waals surface area contributed by atoms with Crippen LogP contribution in [0.4, 0.5) is 14.9 Å². The molecule has 7 nitrogen and oxygen atoms in total. The van der Waals surface area contributed by atoms with E-state index in [9.17, 15) is 17.6 Å². The predicted molar refractivity (Wildman–Crippen MR) is 102 cm³/mol. The van der Waals surface area contributed by atoms with Crippen LogP contribution in [0.3, 0.4) is 0 Å². The number of rotatable bonds is 7. The molecule has 0 unspecified atom stereocenters. The molecule has 0 bridgehead atoms. The van der Waals surface area contributed by atoms with E-state index in [2.05, 4.69) is 10.0 Å². The minimum atomic E-state index is -3.37. The first-order valence-electron chi connectivity index (χ1n) is 8.06. The van der Waals surface area contributed by atoms with Crippen molar-refractivity contribution in [3.63, 3.8) is 0 Å². The second-order valence-electron chi connectivity index (χ2n) is 6.06. The average Bonchev–Trinajstić information content (AvgIpc) is 2.58. The number of sulfonamides is 1. The lowest BCUT2D eigenvalue weighted by Crippen LogP contribution is -2.36. The Labute approximate surface area is 158 Å². The summed E-state index contributed by atoms with van der Waals surface area (Å²) in [6.07, 6.45) is 1.07. The Hall–Kier alpha value is -2.81. The van der Waals surface area contributed by atoms with Crippen LogP contribution in [-0.2, 0) is 23.1 Å². The number of halogens is 1. The van der Waals surface area contributed by atoms with Crippen molar-refractivity contribution in [2.75, 3.05) is 25.1 Å². The van der Waals surface area contributed by atoms with Crippen LogP contribution in [0.25, 0.3) is 0 Å². The lowest BCUT2D eigenvalue weighted by molar-refractivity contribution is 0.206. The number of urea groups is 1. The third-order valence-electron chi connectivity index (χ3n) is 3.66. The van der Waals surface area contributed by atoms with Gasteiger partial charge in [-0.25, -0.2) is 17.6 Å². The van der Waals surface area contributed by atoms with Gasteiger partial charge < -0.3 is 15.0 Å². The predicted octanol–water partition coefficient (Wildman–Crippen LogP) is 2.55. The highest BCUT2D eigenvalue weighted by atomic mass is 32.2. The molecule has 0 aromatic heterocycles. The highest BCUT2D eigenvalue weighted by molar-refractivity contribution is 7.92. The van der Waals surface area contributed by atoms with Gasteiger partial charge in [-0.05, 0) is 35.4 Å². The molecule has 0 aliphatic rings. The van der Waals surface area contributed by atoms with Crippen LogP contribution in [0.2, 0.25) is 0 Å². The molecule has 27 heavy (non-hydrogen) atoms. The standard InChI is InChI=1S/C18H22FN3O4S/c1-22(12-14-7-8-17(26-2)16(19)10-14)18(23)20-11-13-5-4-6-15(9-13)21-27(3,24)25/h4-10,21H,11-12H2,1-3H3,(H,20,23). The first-order valence-corrected chi connectivity index (χ1v) is 9.95. The number of ether oxygens (including phenoxy) is 1. The van der Waals surface area contributed by atoms with E-state index >= 15 is 0 Å².